The number of benzene rings is 1. The van der Waals surface area contributed by atoms with E-state index in [0.29, 0.717) is 23.4 Å². The fourth-order valence-corrected chi connectivity index (χ4v) is 2.05. The average Bonchev–Trinajstić information content (AvgIpc) is 2.31. The molecule has 1 aliphatic carbocycles. The maximum absolute atomic E-state index is 9.73. The number of ether oxygens (including phenoxy) is 1. The van der Waals surface area contributed by atoms with Crippen molar-refractivity contribution in [2.45, 2.75) is 31.1 Å². The molecule has 1 aromatic rings. The summed E-state index contributed by atoms with van der Waals surface area (Å²) in [4.78, 5) is 0. The van der Waals surface area contributed by atoms with Crippen LogP contribution in [0.3, 0.4) is 0 Å². The third-order valence-corrected chi connectivity index (χ3v) is 3.23. The third kappa shape index (κ3) is 4.14. The molecule has 2 rings (SSSR count). The minimum Gasteiger partial charge on any atom is -0.491 e. The Balaban J connectivity index is 1.63. The van der Waals surface area contributed by atoms with Crippen molar-refractivity contribution in [3.63, 3.8) is 0 Å². The van der Waals surface area contributed by atoms with Crippen LogP contribution in [-0.4, -0.2) is 41.6 Å². The Bertz CT molecular complexity index is 382. The topological polar surface area (TPSA) is 61.7 Å². The van der Waals surface area contributed by atoms with Crippen LogP contribution in [-0.2, 0) is 0 Å². The maximum atomic E-state index is 9.73. The molecule has 1 aromatic carbocycles. The Morgan fingerprint density at radius 2 is 2.22 bits per heavy atom. The molecule has 1 aliphatic rings. The quantitative estimate of drug-likeness (QED) is 0.727. The molecule has 1 fully saturated rings. The van der Waals surface area contributed by atoms with Gasteiger partial charge in [0.25, 0.3) is 0 Å². The van der Waals surface area contributed by atoms with E-state index in [2.05, 4.69) is 5.32 Å². The van der Waals surface area contributed by atoms with Gasteiger partial charge in [-0.05, 0) is 31.0 Å². The maximum Gasteiger partial charge on any atom is 0.120 e. The van der Waals surface area contributed by atoms with E-state index >= 15 is 0 Å². The van der Waals surface area contributed by atoms with Gasteiger partial charge in [0.15, 0.2) is 0 Å². The predicted molar refractivity (Wildman–Crippen MR) is 70.0 cm³/mol. The van der Waals surface area contributed by atoms with Crippen LogP contribution in [0.2, 0.25) is 5.02 Å². The molecule has 1 atom stereocenters. The molecule has 4 nitrogen and oxygen atoms in total. The smallest absolute Gasteiger partial charge is 0.120 e. The summed E-state index contributed by atoms with van der Waals surface area (Å²) in [5, 5.41) is 22.6. The van der Waals surface area contributed by atoms with Crippen LogP contribution in [0.25, 0.3) is 0 Å². The molecule has 3 N–H and O–H groups in total. The average molecular weight is 272 g/mol. The molecule has 1 saturated carbocycles. The van der Waals surface area contributed by atoms with Crippen molar-refractivity contribution in [1.82, 2.24) is 5.32 Å². The van der Waals surface area contributed by atoms with Crippen LogP contribution >= 0.6 is 11.6 Å². The molecule has 18 heavy (non-hydrogen) atoms. The summed E-state index contributed by atoms with van der Waals surface area (Å²) in [7, 11) is 0. The number of aliphatic hydroxyl groups excluding tert-OH is 2. The number of hydrogen-bond acceptors (Lipinski definition) is 4. The largest absolute Gasteiger partial charge is 0.491 e. The first-order valence-corrected chi connectivity index (χ1v) is 6.49. The highest BCUT2D eigenvalue weighted by Gasteiger charge is 2.26. The van der Waals surface area contributed by atoms with E-state index < -0.39 is 6.10 Å². The molecule has 0 bridgehead atoms. The lowest BCUT2D eigenvalue weighted by Gasteiger charge is -2.32. The van der Waals surface area contributed by atoms with Gasteiger partial charge in [-0.1, -0.05) is 17.7 Å². The second-order valence-corrected chi connectivity index (χ2v) is 5.09. The van der Waals surface area contributed by atoms with Gasteiger partial charge < -0.3 is 20.3 Å². The van der Waals surface area contributed by atoms with Crippen LogP contribution in [0.4, 0.5) is 0 Å². The SMILES string of the molecule is OC(CNC1CC(O)C1)COc1cccc(Cl)c1. The van der Waals surface area contributed by atoms with Crippen LogP contribution in [0.1, 0.15) is 12.8 Å². The molecule has 0 aliphatic heterocycles. The molecule has 0 radical (unpaired) electrons. The van der Waals surface area contributed by atoms with Crippen LogP contribution in [0.5, 0.6) is 5.75 Å². The van der Waals surface area contributed by atoms with Crippen molar-refractivity contribution in [2.75, 3.05) is 13.2 Å². The zero-order valence-corrected chi connectivity index (χ0v) is 10.8. The Kier molecular flexibility index (Phi) is 4.83. The minimum atomic E-state index is -0.568. The standard InChI is InChI=1S/C13H18ClNO3/c14-9-2-1-3-13(4-9)18-8-12(17)7-15-10-5-11(16)6-10/h1-4,10-12,15-17H,5-8H2. The van der Waals surface area contributed by atoms with Crippen LogP contribution in [0.15, 0.2) is 24.3 Å². The van der Waals surface area contributed by atoms with Gasteiger partial charge in [-0.15, -0.1) is 0 Å². The number of rotatable bonds is 6. The number of nitrogens with one attached hydrogen (secondary N) is 1. The lowest BCUT2D eigenvalue weighted by molar-refractivity contribution is 0.0488. The summed E-state index contributed by atoms with van der Waals surface area (Å²) in [6.45, 7) is 0.695. The van der Waals surface area contributed by atoms with Gasteiger partial charge in [-0.2, -0.15) is 0 Å². The highest BCUT2D eigenvalue weighted by atomic mass is 35.5. The molecule has 0 spiro atoms. The second kappa shape index (κ2) is 6.38. The summed E-state index contributed by atoms with van der Waals surface area (Å²) < 4.78 is 5.43. The molecular weight excluding hydrogens is 254 g/mol. The molecule has 0 amide bonds. The summed E-state index contributed by atoms with van der Waals surface area (Å²) in [5.74, 6) is 0.653. The molecule has 5 heteroatoms. The van der Waals surface area contributed by atoms with Crippen molar-refractivity contribution in [1.29, 1.82) is 0 Å². The monoisotopic (exact) mass is 271 g/mol. The van der Waals surface area contributed by atoms with E-state index in [1.54, 1.807) is 24.3 Å². The summed E-state index contributed by atoms with van der Waals surface area (Å²) in [6.07, 6.45) is 0.785. The van der Waals surface area contributed by atoms with E-state index in [4.69, 9.17) is 21.4 Å². The van der Waals surface area contributed by atoms with Gasteiger partial charge in [0, 0.05) is 17.6 Å². The lowest BCUT2D eigenvalue weighted by Crippen LogP contribution is -2.47. The van der Waals surface area contributed by atoms with Gasteiger partial charge in [0.05, 0.1) is 6.10 Å². The van der Waals surface area contributed by atoms with Gasteiger partial charge in [0.1, 0.15) is 18.5 Å². The number of halogens is 1. The number of aliphatic hydroxyl groups is 2. The molecule has 0 aromatic heterocycles. The first-order valence-electron chi connectivity index (χ1n) is 6.11. The Morgan fingerprint density at radius 3 is 2.89 bits per heavy atom. The fourth-order valence-electron chi connectivity index (χ4n) is 1.87. The molecule has 0 heterocycles. The zero-order chi connectivity index (χ0) is 13.0. The van der Waals surface area contributed by atoms with Crippen molar-refractivity contribution < 1.29 is 14.9 Å². The number of hydrogen-bond donors (Lipinski definition) is 3. The second-order valence-electron chi connectivity index (χ2n) is 4.65. The summed E-state index contributed by atoms with van der Waals surface area (Å²) in [6, 6.07) is 7.41. The van der Waals surface area contributed by atoms with E-state index in [1.165, 1.54) is 0 Å². The van der Waals surface area contributed by atoms with Crippen molar-refractivity contribution in [3.8, 4) is 5.75 Å². The van der Waals surface area contributed by atoms with Crippen molar-refractivity contribution >= 4 is 11.6 Å². The van der Waals surface area contributed by atoms with E-state index in [1.807, 2.05) is 0 Å². The first-order chi connectivity index (χ1) is 8.63. The van der Waals surface area contributed by atoms with Crippen molar-refractivity contribution in [3.05, 3.63) is 29.3 Å². The zero-order valence-electron chi connectivity index (χ0n) is 10.1. The molecular formula is C13H18ClNO3. The van der Waals surface area contributed by atoms with Crippen molar-refractivity contribution in [2.24, 2.45) is 0 Å². The van der Waals surface area contributed by atoms with Gasteiger partial charge >= 0.3 is 0 Å². The Morgan fingerprint density at radius 1 is 1.44 bits per heavy atom. The van der Waals surface area contributed by atoms with Gasteiger partial charge in [0.2, 0.25) is 0 Å². The van der Waals surface area contributed by atoms with E-state index in [-0.39, 0.29) is 12.7 Å². The molecule has 1 unspecified atom stereocenters. The first kappa shape index (κ1) is 13.6. The summed E-state index contributed by atoms with van der Waals surface area (Å²) in [5.41, 5.74) is 0. The van der Waals surface area contributed by atoms with E-state index in [9.17, 15) is 5.11 Å². The Hall–Kier alpha value is -0.810. The highest BCUT2D eigenvalue weighted by Crippen LogP contribution is 2.19. The minimum absolute atomic E-state index is 0.178. The highest BCUT2D eigenvalue weighted by molar-refractivity contribution is 6.30. The fraction of sp³-hybridized carbons (Fsp3) is 0.538. The van der Waals surface area contributed by atoms with Crippen LogP contribution < -0.4 is 10.1 Å². The molecule has 100 valence electrons. The predicted octanol–water partition coefficient (Wildman–Crippen LogP) is 1.19. The lowest BCUT2D eigenvalue weighted by atomic mass is 9.89. The van der Waals surface area contributed by atoms with E-state index in [0.717, 1.165) is 12.8 Å². The third-order valence-electron chi connectivity index (χ3n) is 2.99. The van der Waals surface area contributed by atoms with Crippen LogP contribution in [0, 0.1) is 0 Å². The Labute approximate surface area is 112 Å². The molecule has 0 saturated heterocycles. The van der Waals surface area contributed by atoms with Gasteiger partial charge in [-0.3, -0.25) is 0 Å². The summed E-state index contributed by atoms with van der Waals surface area (Å²) >= 11 is 5.82. The van der Waals surface area contributed by atoms with Gasteiger partial charge in [-0.25, -0.2) is 0 Å². The normalized spacial score (nSPS) is 24.4.